The molecule has 0 spiro atoms. The first kappa shape index (κ1) is 19.0. The van der Waals surface area contributed by atoms with E-state index in [1.54, 1.807) is 6.07 Å². The molecule has 3 rings (SSSR count). The van der Waals surface area contributed by atoms with E-state index in [9.17, 15) is 9.59 Å². The first-order chi connectivity index (χ1) is 13.1. The summed E-state index contributed by atoms with van der Waals surface area (Å²) in [6.07, 6.45) is 0.549. The highest BCUT2D eigenvalue weighted by atomic mass is 16.5. The summed E-state index contributed by atoms with van der Waals surface area (Å²) < 4.78 is 5.47. The number of likely N-dealkylation sites (N-methyl/N-ethyl adjacent to an activating group) is 1. The highest BCUT2D eigenvalue weighted by molar-refractivity contribution is 5.76. The van der Waals surface area contributed by atoms with Crippen molar-refractivity contribution in [3.63, 3.8) is 0 Å². The van der Waals surface area contributed by atoms with Crippen molar-refractivity contribution in [3.05, 3.63) is 40.3 Å². The molecular formula is C19H25N5O3. The Kier molecular flexibility index (Phi) is 6.18. The molecule has 1 aromatic heterocycles. The van der Waals surface area contributed by atoms with Gasteiger partial charge in [-0.2, -0.15) is 0 Å². The maximum atomic E-state index is 12.3. The minimum Gasteiger partial charge on any atom is -0.494 e. The summed E-state index contributed by atoms with van der Waals surface area (Å²) >= 11 is 0. The van der Waals surface area contributed by atoms with Crippen molar-refractivity contribution in [2.45, 2.75) is 19.8 Å². The molecule has 0 radical (unpaired) electrons. The van der Waals surface area contributed by atoms with Crippen LogP contribution >= 0.6 is 0 Å². The number of ether oxygens (including phenoxy) is 1. The highest BCUT2D eigenvalue weighted by Crippen LogP contribution is 2.19. The van der Waals surface area contributed by atoms with Crippen LogP contribution < -0.4 is 10.3 Å². The monoisotopic (exact) mass is 371 g/mol. The lowest BCUT2D eigenvalue weighted by Crippen LogP contribution is -2.47. The second kappa shape index (κ2) is 8.77. The molecule has 2 aromatic rings. The van der Waals surface area contributed by atoms with Gasteiger partial charge in [0.05, 0.1) is 6.61 Å². The molecule has 1 aromatic carbocycles. The van der Waals surface area contributed by atoms with E-state index in [2.05, 4.69) is 20.1 Å². The van der Waals surface area contributed by atoms with Gasteiger partial charge in [-0.15, -0.1) is 10.2 Å². The summed E-state index contributed by atoms with van der Waals surface area (Å²) in [7, 11) is 2.04. The Bertz CT molecular complexity index is 843. The van der Waals surface area contributed by atoms with Crippen LogP contribution in [0.3, 0.4) is 0 Å². The van der Waals surface area contributed by atoms with Gasteiger partial charge in [-0.25, -0.2) is 0 Å². The Morgan fingerprint density at radius 3 is 2.70 bits per heavy atom. The molecule has 1 fully saturated rings. The summed E-state index contributed by atoms with van der Waals surface area (Å²) in [5.74, 6) is 1.15. The SMILES string of the molecule is CCOc1cccc(-c2nnc(CCC(=O)N3CCN(C)CC3)c(=O)[nH]2)c1. The zero-order valence-electron chi connectivity index (χ0n) is 15.8. The Labute approximate surface area is 158 Å². The number of H-pyrrole nitrogens is 1. The first-order valence-corrected chi connectivity index (χ1v) is 9.22. The molecule has 2 heterocycles. The topological polar surface area (TPSA) is 91.4 Å². The molecule has 1 N–H and O–H groups in total. The number of aromatic amines is 1. The molecule has 1 aliphatic rings. The van der Waals surface area contributed by atoms with E-state index in [1.807, 2.05) is 37.1 Å². The van der Waals surface area contributed by atoms with Gasteiger partial charge in [0.1, 0.15) is 11.4 Å². The fourth-order valence-electron chi connectivity index (χ4n) is 2.99. The molecule has 1 saturated heterocycles. The van der Waals surface area contributed by atoms with Crippen LogP contribution in [-0.2, 0) is 11.2 Å². The van der Waals surface area contributed by atoms with Crippen molar-refractivity contribution >= 4 is 5.91 Å². The Hall–Kier alpha value is -2.74. The Balaban J connectivity index is 1.64. The second-order valence-corrected chi connectivity index (χ2v) is 6.59. The largest absolute Gasteiger partial charge is 0.494 e. The van der Waals surface area contributed by atoms with Crippen molar-refractivity contribution in [2.75, 3.05) is 39.8 Å². The predicted molar refractivity (Wildman–Crippen MR) is 102 cm³/mol. The number of hydrogen-bond donors (Lipinski definition) is 1. The number of amides is 1. The number of rotatable bonds is 6. The van der Waals surface area contributed by atoms with Gasteiger partial charge in [0.2, 0.25) is 5.91 Å². The van der Waals surface area contributed by atoms with Crippen LogP contribution in [0.1, 0.15) is 19.0 Å². The third-order valence-corrected chi connectivity index (χ3v) is 4.61. The molecule has 0 atom stereocenters. The van der Waals surface area contributed by atoms with E-state index in [0.29, 0.717) is 18.2 Å². The Morgan fingerprint density at radius 1 is 1.22 bits per heavy atom. The van der Waals surface area contributed by atoms with Crippen molar-refractivity contribution in [1.82, 2.24) is 25.0 Å². The van der Waals surface area contributed by atoms with Crippen LogP contribution in [0.5, 0.6) is 5.75 Å². The zero-order valence-corrected chi connectivity index (χ0v) is 15.8. The molecule has 144 valence electrons. The fraction of sp³-hybridized carbons (Fsp3) is 0.474. The fourth-order valence-corrected chi connectivity index (χ4v) is 2.99. The summed E-state index contributed by atoms with van der Waals surface area (Å²) in [4.78, 5) is 31.4. The van der Waals surface area contributed by atoms with E-state index in [0.717, 1.165) is 31.7 Å². The molecule has 1 amide bonds. The van der Waals surface area contributed by atoms with E-state index in [1.165, 1.54) is 0 Å². The number of nitrogens with zero attached hydrogens (tertiary/aromatic N) is 4. The first-order valence-electron chi connectivity index (χ1n) is 9.22. The third-order valence-electron chi connectivity index (χ3n) is 4.61. The minimum atomic E-state index is -0.312. The van der Waals surface area contributed by atoms with Crippen LogP contribution in [0.4, 0.5) is 0 Å². The van der Waals surface area contributed by atoms with E-state index in [4.69, 9.17) is 4.74 Å². The van der Waals surface area contributed by atoms with Crippen LogP contribution in [0, 0.1) is 0 Å². The van der Waals surface area contributed by atoms with Gasteiger partial charge in [0.25, 0.3) is 5.56 Å². The molecule has 0 aliphatic carbocycles. The van der Waals surface area contributed by atoms with Crippen molar-refractivity contribution in [2.24, 2.45) is 0 Å². The predicted octanol–water partition coefficient (Wildman–Crippen LogP) is 0.937. The molecule has 1 aliphatic heterocycles. The van der Waals surface area contributed by atoms with Gasteiger partial charge in [0.15, 0.2) is 5.82 Å². The van der Waals surface area contributed by atoms with Crippen molar-refractivity contribution < 1.29 is 9.53 Å². The molecule has 0 bridgehead atoms. The number of nitrogens with one attached hydrogen (secondary N) is 1. The lowest BCUT2D eigenvalue weighted by Gasteiger charge is -2.32. The van der Waals surface area contributed by atoms with Gasteiger partial charge in [-0.3, -0.25) is 9.59 Å². The van der Waals surface area contributed by atoms with Gasteiger partial charge >= 0.3 is 0 Å². The lowest BCUT2D eigenvalue weighted by molar-refractivity contribution is -0.132. The molecule has 0 unspecified atom stereocenters. The number of benzene rings is 1. The maximum absolute atomic E-state index is 12.3. The van der Waals surface area contributed by atoms with Crippen LogP contribution in [0.2, 0.25) is 0 Å². The van der Waals surface area contributed by atoms with Gasteiger partial charge in [-0.05, 0) is 26.1 Å². The van der Waals surface area contributed by atoms with Crippen LogP contribution in [0.25, 0.3) is 11.4 Å². The number of hydrogen-bond acceptors (Lipinski definition) is 6. The smallest absolute Gasteiger partial charge is 0.273 e. The van der Waals surface area contributed by atoms with Crippen molar-refractivity contribution in [1.29, 1.82) is 0 Å². The average Bonchev–Trinajstić information content (AvgIpc) is 2.68. The molecule has 0 saturated carbocycles. The number of aryl methyl sites for hydroxylation is 1. The number of carbonyl (C=O) groups is 1. The second-order valence-electron chi connectivity index (χ2n) is 6.59. The van der Waals surface area contributed by atoms with E-state index >= 15 is 0 Å². The van der Waals surface area contributed by atoms with Gasteiger partial charge in [0, 0.05) is 44.6 Å². The zero-order chi connectivity index (χ0) is 19.2. The van der Waals surface area contributed by atoms with Crippen LogP contribution in [0.15, 0.2) is 29.1 Å². The maximum Gasteiger partial charge on any atom is 0.273 e. The van der Waals surface area contributed by atoms with Gasteiger partial charge in [-0.1, -0.05) is 12.1 Å². The summed E-state index contributed by atoms with van der Waals surface area (Å²) in [5, 5.41) is 8.16. The van der Waals surface area contributed by atoms with E-state index in [-0.39, 0.29) is 30.0 Å². The molecule has 8 nitrogen and oxygen atoms in total. The lowest BCUT2D eigenvalue weighted by atomic mass is 10.2. The normalized spacial score (nSPS) is 15.0. The third kappa shape index (κ3) is 4.91. The van der Waals surface area contributed by atoms with Crippen molar-refractivity contribution in [3.8, 4) is 17.1 Å². The van der Waals surface area contributed by atoms with E-state index < -0.39 is 0 Å². The number of carbonyl (C=O) groups excluding carboxylic acids is 1. The highest BCUT2D eigenvalue weighted by Gasteiger charge is 2.19. The molecule has 8 heteroatoms. The summed E-state index contributed by atoms with van der Waals surface area (Å²) in [5.41, 5.74) is 0.695. The quantitative estimate of drug-likeness (QED) is 0.813. The summed E-state index contributed by atoms with van der Waals surface area (Å²) in [6, 6.07) is 7.32. The number of piperazine rings is 1. The standard InChI is InChI=1S/C19H25N5O3/c1-3-27-15-6-4-5-14(13-15)18-20-19(26)16(21-22-18)7-8-17(25)24-11-9-23(2)10-12-24/h4-6,13H,3,7-12H2,1-2H3,(H,20,22,26). The van der Waals surface area contributed by atoms with Gasteiger partial charge < -0.3 is 19.5 Å². The van der Waals surface area contributed by atoms with Crippen LogP contribution in [-0.4, -0.2) is 70.7 Å². The average molecular weight is 371 g/mol. The minimum absolute atomic E-state index is 0.0535. The Morgan fingerprint density at radius 2 is 2.00 bits per heavy atom. The molecule has 27 heavy (non-hydrogen) atoms. The summed E-state index contributed by atoms with van der Waals surface area (Å²) in [6.45, 7) is 5.68. The number of aromatic nitrogens is 3. The molecular weight excluding hydrogens is 346 g/mol.